The van der Waals surface area contributed by atoms with Crippen LogP contribution in [0.1, 0.15) is 11.1 Å². The Kier molecular flexibility index (Phi) is 1.55. The predicted molar refractivity (Wildman–Crippen MR) is 43.7 cm³/mol. The molecule has 1 aliphatic heterocycles. The maximum Gasteiger partial charge on any atom is 0.352 e. The van der Waals surface area contributed by atoms with E-state index >= 15 is 0 Å². The molecule has 1 N–H and O–H groups in total. The molecule has 70 valence electrons. The Hall–Kier alpha value is -1.96. The molecule has 3 nitrogen and oxygen atoms in total. The smallest absolute Gasteiger partial charge is 0.320 e. The maximum atomic E-state index is 13.1. The van der Waals surface area contributed by atoms with Crippen LogP contribution >= 0.6 is 0 Å². The Morgan fingerprint density at radius 1 is 1.43 bits per heavy atom. The van der Waals surface area contributed by atoms with Gasteiger partial charge in [-0.1, -0.05) is 0 Å². The lowest BCUT2D eigenvalue weighted by molar-refractivity contribution is -0.139. The zero-order chi connectivity index (χ0) is 10.3. The molecule has 14 heavy (non-hydrogen) atoms. The van der Waals surface area contributed by atoms with E-state index in [0.29, 0.717) is 0 Å². The first-order valence-electron chi connectivity index (χ1n) is 3.79. The average Bonchev–Trinajstić information content (AvgIpc) is 2.38. The normalized spacial score (nSPS) is 17.1. The van der Waals surface area contributed by atoms with Crippen LogP contribution in [0.4, 0.5) is 14.5 Å². The molecule has 1 aliphatic rings. The second kappa shape index (κ2) is 2.51. The number of alkyl halides is 2. The van der Waals surface area contributed by atoms with Crippen LogP contribution in [-0.2, 0) is 10.7 Å². The fraction of sp³-hybridized carbons (Fsp3) is 0.111. The van der Waals surface area contributed by atoms with Crippen LogP contribution in [0.15, 0.2) is 18.2 Å². The number of hydrogen-bond donors (Lipinski definition) is 1. The molecule has 0 fully saturated rings. The SMILES string of the molecule is N#Cc1ccc2c(c1)NC(=O)C2(F)F. The van der Waals surface area contributed by atoms with Crippen LogP contribution in [0.2, 0.25) is 0 Å². The summed E-state index contributed by atoms with van der Waals surface area (Å²) in [6.45, 7) is 0. The summed E-state index contributed by atoms with van der Waals surface area (Å²) in [7, 11) is 0. The second-order valence-corrected chi connectivity index (χ2v) is 2.90. The summed E-state index contributed by atoms with van der Waals surface area (Å²) < 4.78 is 26.1. The van der Waals surface area contributed by atoms with Crippen molar-refractivity contribution in [2.24, 2.45) is 0 Å². The second-order valence-electron chi connectivity index (χ2n) is 2.90. The molecule has 0 atom stereocenters. The van der Waals surface area contributed by atoms with Gasteiger partial charge >= 0.3 is 5.92 Å². The van der Waals surface area contributed by atoms with Crippen molar-refractivity contribution in [1.29, 1.82) is 5.26 Å². The molecule has 0 bridgehead atoms. The van der Waals surface area contributed by atoms with Crippen LogP contribution in [0.3, 0.4) is 0 Å². The van der Waals surface area contributed by atoms with Gasteiger partial charge in [0, 0.05) is 0 Å². The minimum absolute atomic E-state index is 0.0130. The molecule has 1 aromatic rings. The van der Waals surface area contributed by atoms with Gasteiger partial charge in [-0.15, -0.1) is 0 Å². The van der Waals surface area contributed by atoms with E-state index in [-0.39, 0.29) is 16.8 Å². The zero-order valence-corrected chi connectivity index (χ0v) is 6.84. The third kappa shape index (κ3) is 0.973. The van der Waals surface area contributed by atoms with E-state index in [1.54, 1.807) is 6.07 Å². The van der Waals surface area contributed by atoms with Gasteiger partial charge in [-0.05, 0) is 18.2 Å². The van der Waals surface area contributed by atoms with Gasteiger partial charge in [0.1, 0.15) is 0 Å². The van der Waals surface area contributed by atoms with Gasteiger partial charge in [0.05, 0.1) is 22.9 Å². The molecule has 0 unspecified atom stereocenters. The summed E-state index contributed by atoms with van der Waals surface area (Å²) in [5, 5.41) is 10.5. The fourth-order valence-corrected chi connectivity index (χ4v) is 1.31. The van der Waals surface area contributed by atoms with E-state index in [9.17, 15) is 13.6 Å². The van der Waals surface area contributed by atoms with Crippen LogP contribution in [0.5, 0.6) is 0 Å². The number of amides is 1. The highest BCUT2D eigenvalue weighted by Crippen LogP contribution is 2.40. The largest absolute Gasteiger partial charge is 0.352 e. The summed E-state index contributed by atoms with van der Waals surface area (Å²) in [5.74, 6) is -4.83. The first kappa shape index (κ1) is 8.63. The van der Waals surface area contributed by atoms with Crippen molar-refractivity contribution in [3.8, 4) is 6.07 Å². The molecule has 0 aliphatic carbocycles. The van der Waals surface area contributed by atoms with Crippen molar-refractivity contribution in [3.05, 3.63) is 29.3 Å². The van der Waals surface area contributed by atoms with E-state index in [4.69, 9.17) is 5.26 Å². The number of fused-ring (bicyclic) bond motifs is 1. The Morgan fingerprint density at radius 2 is 2.14 bits per heavy atom. The number of rotatable bonds is 0. The van der Waals surface area contributed by atoms with E-state index < -0.39 is 11.8 Å². The monoisotopic (exact) mass is 194 g/mol. The topological polar surface area (TPSA) is 52.9 Å². The number of hydrogen-bond acceptors (Lipinski definition) is 2. The lowest BCUT2D eigenvalue weighted by atomic mass is 10.1. The average molecular weight is 194 g/mol. The summed E-state index contributed by atoms with van der Waals surface area (Å²) in [5.41, 5.74) is -0.123. The fourth-order valence-electron chi connectivity index (χ4n) is 1.31. The molecule has 0 saturated heterocycles. The molecular weight excluding hydrogens is 190 g/mol. The quantitative estimate of drug-likeness (QED) is 0.681. The van der Waals surface area contributed by atoms with E-state index in [1.165, 1.54) is 12.1 Å². The summed E-state index contributed by atoms with van der Waals surface area (Å²) >= 11 is 0. The van der Waals surface area contributed by atoms with Gasteiger partial charge in [0.15, 0.2) is 0 Å². The Morgan fingerprint density at radius 3 is 2.79 bits per heavy atom. The number of anilines is 1. The first-order chi connectivity index (χ1) is 6.55. The van der Waals surface area contributed by atoms with Crippen molar-refractivity contribution in [1.82, 2.24) is 0 Å². The van der Waals surface area contributed by atoms with Crippen molar-refractivity contribution in [2.45, 2.75) is 5.92 Å². The van der Waals surface area contributed by atoms with Gasteiger partial charge in [-0.25, -0.2) is 0 Å². The molecule has 1 heterocycles. The lowest BCUT2D eigenvalue weighted by Gasteiger charge is -2.05. The van der Waals surface area contributed by atoms with Crippen molar-refractivity contribution < 1.29 is 13.6 Å². The van der Waals surface area contributed by atoms with E-state index in [0.717, 1.165) is 6.07 Å². The molecule has 0 saturated carbocycles. The van der Waals surface area contributed by atoms with Gasteiger partial charge in [-0.2, -0.15) is 14.0 Å². The van der Waals surface area contributed by atoms with Crippen LogP contribution in [0.25, 0.3) is 0 Å². The van der Waals surface area contributed by atoms with Gasteiger partial charge in [0.25, 0.3) is 5.91 Å². The van der Waals surface area contributed by atoms with Crippen LogP contribution in [-0.4, -0.2) is 5.91 Å². The number of nitrogens with one attached hydrogen (secondary N) is 1. The molecule has 0 aromatic heterocycles. The molecule has 1 amide bonds. The van der Waals surface area contributed by atoms with Gasteiger partial charge < -0.3 is 5.32 Å². The van der Waals surface area contributed by atoms with E-state index in [2.05, 4.69) is 0 Å². The summed E-state index contributed by atoms with van der Waals surface area (Å²) in [6, 6.07) is 5.38. The van der Waals surface area contributed by atoms with Gasteiger partial charge in [0.2, 0.25) is 0 Å². The van der Waals surface area contributed by atoms with Crippen LogP contribution < -0.4 is 5.32 Å². The van der Waals surface area contributed by atoms with Crippen molar-refractivity contribution in [2.75, 3.05) is 5.32 Å². The lowest BCUT2D eigenvalue weighted by Crippen LogP contribution is -2.23. The Bertz CT molecular complexity index is 462. The highest BCUT2D eigenvalue weighted by atomic mass is 19.3. The third-order valence-electron chi connectivity index (χ3n) is 2.02. The van der Waals surface area contributed by atoms with Crippen molar-refractivity contribution in [3.63, 3.8) is 0 Å². The Balaban J connectivity index is 2.61. The molecule has 2 rings (SSSR count). The molecule has 5 heteroatoms. The maximum absolute atomic E-state index is 13.1. The minimum atomic E-state index is -3.48. The zero-order valence-electron chi connectivity index (χ0n) is 6.84. The van der Waals surface area contributed by atoms with Crippen molar-refractivity contribution >= 4 is 11.6 Å². The molecule has 0 spiro atoms. The number of nitriles is 1. The Labute approximate surface area is 78.0 Å². The highest BCUT2D eigenvalue weighted by molar-refractivity contribution is 6.03. The molecule has 0 radical (unpaired) electrons. The summed E-state index contributed by atoms with van der Waals surface area (Å²) in [6.07, 6.45) is 0. The molecular formula is C9H4F2N2O. The molecule has 1 aromatic carbocycles. The van der Waals surface area contributed by atoms with Gasteiger partial charge in [-0.3, -0.25) is 4.79 Å². The summed E-state index contributed by atoms with van der Waals surface area (Å²) in [4.78, 5) is 10.8. The standard InChI is InChI=1S/C9H4F2N2O/c10-9(11)6-2-1-5(4-12)3-7(6)13-8(9)14/h1-3H,(H,13,14). The third-order valence-corrected chi connectivity index (χ3v) is 2.02. The number of carbonyl (C=O) groups excluding carboxylic acids is 1. The first-order valence-corrected chi connectivity index (χ1v) is 3.79. The number of nitrogens with zero attached hydrogens (tertiary/aromatic N) is 1. The number of benzene rings is 1. The number of halogens is 2. The highest BCUT2D eigenvalue weighted by Gasteiger charge is 2.48. The number of carbonyl (C=O) groups is 1. The van der Waals surface area contributed by atoms with E-state index in [1.807, 2.05) is 5.32 Å². The minimum Gasteiger partial charge on any atom is -0.320 e. The van der Waals surface area contributed by atoms with Crippen LogP contribution in [0, 0.1) is 11.3 Å². The predicted octanol–water partition coefficient (Wildman–Crippen LogP) is 1.60.